The molecule has 20 heavy (non-hydrogen) atoms. The Hall–Kier alpha value is -1.59. The molecule has 1 aliphatic heterocycles. The predicted molar refractivity (Wildman–Crippen MR) is 81.2 cm³/mol. The van der Waals surface area contributed by atoms with Crippen LogP contribution in [-0.4, -0.2) is 29.6 Å². The van der Waals surface area contributed by atoms with E-state index < -0.39 is 0 Å². The molecule has 3 heterocycles. The fourth-order valence-electron chi connectivity index (χ4n) is 2.55. The lowest BCUT2D eigenvalue weighted by Gasteiger charge is -2.23. The molecule has 106 valence electrons. The smallest absolute Gasteiger partial charge is 0.268 e. The number of aromatic nitrogens is 1. The molecule has 0 spiro atoms. The highest BCUT2D eigenvalue weighted by molar-refractivity contribution is 7.09. The number of rotatable bonds is 4. The van der Waals surface area contributed by atoms with E-state index in [2.05, 4.69) is 22.1 Å². The SMILES string of the molecule is O=C(NC1CCNCC1)c1cccn1Cc1cccs1. The van der Waals surface area contributed by atoms with Crippen molar-refractivity contribution in [3.05, 3.63) is 46.4 Å². The maximum Gasteiger partial charge on any atom is 0.268 e. The van der Waals surface area contributed by atoms with Gasteiger partial charge in [-0.1, -0.05) is 6.07 Å². The number of hydrogen-bond acceptors (Lipinski definition) is 3. The Labute approximate surface area is 122 Å². The lowest BCUT2D eigenvalue weighted by Crippen LogP contribution is -2.43. The Bertz CT molecular complexity index is 555. The summed E-state index contributed by atoms with van der Waals surface area (Å²) in [5.41, 5.74) is 0.747. The molecule has 5 heteroatoms. The van der Waals surface area contributed by atoms with E-state index in [4.69, 9.17) is 0 Å². The summed E-state index contributed by atoms with van der Waals surface area (Å²) in [7, 11) is 0. The van der Waals surface area contributed by atoms with Crippen LogP contribution in [0.1, 0.15) is 28.2 Å². The number of piperidine rings is 1. The summed E-state index contributed by atoms with van der Waals surface area (Å²) in [6, 6.07) is 8.26. The van der Waals surface area contributed by atoms with Crippen molar-refractivity contribution in [2.75, 3.05) is 13.1 Å². The predicted octanol–water partition coefficient (Wildman–Crippen LogP) is 2.08. The molecule has 1 saturated heterocycles. The van der Waals surface area contributed by atoms with E-state index in [1.54, 1.807) is 11.3 Å². The van der Waals surface area contributed by atoms with Crippen LogP contribution in [0.25, 0.3) is 0 Å². The largest absolute Gasteiger partial charge is 0.348 e. The number of nitrogens with zero attached hydrogens (tertiary/aromatic N) is 1. The number of carbonyl (C=O) groups is 1. The topological polar surface area (TPSA) is 46.1 Å². The van der Waals surface area contributed by atoms with Crippen LogP contribution in [-0.2, 0) is 6.54 Å². The molecule has 4 nitrogen and oxygen atoms in total. The number of thiophene rings is 1. The first kappa shape index (κ1) is 13.4. The summed E-state index contributed by atoms with van der Waals surface area (Å²) >= 11 is 1.72. The van der Waals surface area contributed by atoms with E-state index in [-0.39, 0.29) is 5.91 Å². The van der Waals surface area contributed by atoms with Gasteiger partial charge in [-0.05, 0) is 49.5 Å². The van der Waals surface area contributed by atoms with Gasteiger partial charge >= 0.3 is 0 Å². The molecule has 0 unspecified atom stereocenters. The molecule has 0 atom stereocenters. The van der Waals surface area contributed by atoms with Gasteiger partial charge in [-0.25, -0.2) is 0 Å². The molecule has 0 aliphatic carbocycles. The van der Waals surface area contributed by atoms with Crippen molar-refractivity contribution in [1.82, 2.24) is 15.2 Å². The van der Waals surface area contributed by atoms with Crippen molar-refractivity contribution < 1.29 is 4.79 Å². The maximum atomic E-state index is 12.4. The van der Waals surface area contributed by atoms with E-state index >= 15 is 0 Å². The minimum absolute atomic E-state index is 0.0402. The number of carbonyl (C=O) groups excluding carboxylic acids is 1. The Morgan fingerprint density at radius 1 is 1.35 bits per heavy atom. The molecular formula is C15H19N3OS. The van der Waals surface area contributed by atoms with Crippen molar-refractivity contribution >= 4 is 17.2 Å². The van der Waals surface area contributed by atoms with E-state index in [0.29, 0.717) is 6.04 Å². The molecular weight excluding hydrogens is 270 g/mol. The van der Waals surface area contributed by atoms with Gasteiger partial charge in [0, 0.05) is 17.1 Å². The standard InChI is InChI=1S/C15H19N3OS/c19-15(17-12-5-7-16-8-6-12)14-4-1-9-18(14)11-13-3-2-10-20-13/h1-4,9-10,12,16H,5-8,11H2,(H,17,19). The Morgan fingerprint density at radius 2 is 2.20 bits per heavy atom. The van der Waals surface area contributed by atoms with Crippen molar-refractivity contribution in [3.63, 3.8) is 0 Å². The van der Waals surface area contributed by atoms with Crippen LogP contribution in [0.3, 0.4) is 0 Å². The number of amides is 1. The first-order valence-corrected chi connectivity index (χ1v) is 7.90. The highest BCUT2D eigenvalue weighted by atomic mass is 32.1. The van der Waals surface area contributed by atoms with Gasteiger partial charge in [0.1, 0.15) is 5.69 Å². The van der Waals surface area contributed by atoms with Gasteiger partial charge in [-0.3, -0.25) is 4.79 Å². The first-order valence-electron chi connectivity index (χ1n) is 7.02. The molecule has 3 rings (SSSR count). The van der Waals surface area contributed by atoms with Gasteiger partial charge in [-0.2, -0.15) is 0 Å². The monoisotopic (exact) mass is 289 g/mol. The molecule has 1 aliphatic rings. The van der Waals surface area contributed by atoms with Crippen molar-refractivity contribution in [1.29, 1.82) is 0 Å². The van der Waals surface area contributed by atoms with Crippen LogP contribution in [0.4, 0.5) is 0 Å². The van der Waals surface area contributed by atoms with Crippen molar-refractivity contribution in [2.24, 2.45) is 0 Å². The molecule has 0 bridgehead atoms. The summed E-state index contributed by atoms with van der Waals surface area (Å²) in [6.07, 6.45) is 3.99. The molecule has 1 amide bonds. The van der Waals surface area contributed by atoms with Crippen LogP contribution >= 0.6 is 11.3 Å². The van der Waals surface area contributed by atoms with Gasteiger partial charge < -0.3 is 15.2 Å². The zero-order chi connectivity index (χ0) is 13.8. The fourth-order valence-corrected chi connectivity index (χ4v) is 3.26. The quantitative estimate of drug-likeness (QED) is 0.905. The van der Waals surface area contributed by atoms with Crippen LogP contribution < -0.4 is 10.6 Å². The number of nitrogens with one attached hydrogen (secondary N) is 2. The van der Waals surface area contributed by atoms with Crippen LogP contribution in [0, 0.1) is 0 Å². The van der Waals surface area contributed by atoms with Crippen LogP contribution in [0.2, 0.25) is 0 Å². The van der Waals surface area contributed by atoms with E-state index in [9.17, 15) is 4.79 Å². The lowest BCUT2D eigenvalue weighted by atomic mass is 10.1. The third-order valence-electron chi connectivity index (χ3n) is 3.64. The van der Waals surface area contributed by atoms with Gasteiger partial charge in [0.2, 0.25) is 0 Å². The summed E-state index contributed by atoms with van der Waals surface area (Å²) < 4.78 is 2.02. The maximum absolute atomic E-state index is 12.4. The summed E-state index contributed by atoms with van der Waals surface area (Å²) in [5.74, 6) is 0.0402. The number of hydrogen-bond donors (Lipinski definition) is 2. The minimum Gasteiger partial charge on any atom is -0.348 e. The van der Waals surface area contributed by atoms with Gasteiger partial charge in [0.05, 0.1) is 6.54 Å². The lowest BCUT2D eigenvalue weighted by molar-refractivity contribution is 0.0920. The highest BCUT2D eigenvalue weighted by Gasteiger charge is 2.18. The van der Waals surface area contributed by atoms with Gasteiger partial charge in [0.15, 0.2) is 0 Å². The molecule has 0 aromatic carbocycles. The molecule has 2 aromatic rings. The zero-order valence-electron chi connectivity index (χ0n) is 11.3. The van der Waals surface area contributed by atoms with E-state index in [0.717, 1.165) is 38.2 Å². The molecule has 2 N–H and O–H groups in total. The van der Waals surface area contributed by atoms with E-state index in [1.807, 2.05) is 29.0 Å². The molecule has 1 fully saturated rings. The Balaban J connectivity index is 1.67. The summed E-state index contributed by atoms with van der Waals surface area (Å²) in [4.78, 5) is 13.6. The fraction of sp³-hybridized carbons (Fsp3) is 0.400. The second-order valence-corrected chi connectivity index (χ2v) is 6.13. The normalized spacial score (nSPS) is 16.2. The van der Waals surface area contributed by atoms with Crippen molar-refractivity contribution in [2.45, 2.75) is 25.4 Å². The van der Waals surface area contributed by atoms with Crippen LogP contribution in [0.15, 0.2) is 35.8 Å². The molecule has 0 saturated carbocycles. The Morgan fingerprint density at radius 3 is 2.95 bits per heavy atom. The molecule has 0 radical (unpaired) electrons. The zero-order valence-corrected chi connectivity index (χ0v) is 12.2. The van der Waals surface area contributed by atoms with Gasteiger partial charge in [-0.15, -0.1) is 11.3 Å². The Kier molecular flexibility index (Phi) is 4.18. The first-order chi connectivity index (χ1) is 9.83. The highest BCUT2D eigenvalue weighted by Crippen LogP contribution is 2.13. The third-order valence-corrected chi connectivity index (χ3v) is 4.50. The summed E-state index contributed by atoms with van der Waals surface area (Å²) in [6.45, 7) is 2.74. The second-order valence-electron chi connectivity index (χ2n) is 5.10. The second kappa shape index (κ2) is 6.24. The van der Waals surface area contributed by atoms with Crippen molar-refractivity contribution in [3.8, 4) is 0 Å². The average molecular weight is 289 g/mol. The summed E-state index contributed by atoms with van der Waals surface area (Å²) in [5, 5.41) is 8.52. The van der Waals surface area contributed by atoms with E-state index in [1.165, 1.54) is 4.88 Å². The van der Waals surface area contributed by atoms with Crippen LogP contribution in [0.5, 0.6) is 0 Å². The average Bonchev–Trinajstić information content (AvgIpc) is 3.12. The van der Waals surface area contributed by atoms with Gasteiger partial charge in [0.25, 0.3) is 5.91 Å². The third kappa shape index (κ3) is 3.11. The molecule has 2 aromatic heterocycles. The minimum atomic E-state index is 0.0402.